The van der Waals surface area contributed by atoms with Crippen molar-refractivity contribution < 1.29 is 13.2 Å². The predicted molar refractivity (Wildman–Crippen MR) is 102 cm³/mol. The number of hydrogen-bond acceptors (Lipinski definition) is 6. The Labute approximate surface area is 162 Å². The molecule has 2 saturated carbocycles. The molecule has 10 heteroatoms. The van der Waals surface area contributed by atoms with Crippen LogP contribution in [0.15, 0.2) is 34.3 Å². The molecule has 1 aromatic heterocycles. The van der Waals surface area contributed by atoms with E-state index in [4.69, 9.17) is 5.14 Å². The van der Waals surface area contributed by atoms with E-state index in [1.165, 1.54) is 23.9 Å². The Morgan fingerprint density at radius 3 is 2.67 bits per heavy atom. The first kappa shape index (κ1) is 18.5. The molecule has 8 nitrogen and oxygen atoms in total. The van der Waals surface area contributed by atoms with Crippen molar-refractivity contribution in [3.05, 3.63) is 30.1 Å². The van der Waals surface area contributed by atoms with E-state index < -0.39 is 15.3 Å². The summed E-state index contributed by atoms with van der Waals surface area (Å²) < 4.78 is 25.1. The van der Waals surface area contributed by atoms with Gasteiger partial charge in [0.2, 0.25) is 15.9 Å². The lowest BCUT2D eigenvalue weighted by atomic mass is 10.3. The summed E-state index contributed by atoms with van der Waals surface area (Å²) >= 11 is 1.38. The van der Waals surface area contributed by atoms with Gasteiger partial charge in [-0.25, -0.2) is 13.6 Å². The van der Waals surface area contributed by atoms with Gasteiger partial charge in [0.1, 0.15) is 5.82 Å². The molecule has 0 bridgehead atoms. The summed E-state index contributed by atoms with van der Waals surface area (Å²) in [6.45, 7) is 1.80. The van der Waals surface area contributed by atoms with Crippen LogP contribution >= 0.6 is 11.8 Å². The monoisotopic (exact) mass is 407 g/mol. The number of nitrogens with two attached hydrogens (primary N) is 1. The molecule has 2 aliphatic rings. The van der Waals surface area contributed by atoms with E-state index in [-0.39, 0.29) is 10.8 Å². The lowest BCUT2D eigenvalue weighted by molar-refractivity contribution is -0.115. The van der Waals surface area contributed by atoms with Crippen molar-refractivity contribution in [2.45, 2.75) is 59.9 Å². The number of nitrogens with one attached hydrogen (secondary N) is 1. The van der Waals surface area contributed by atoms with Crippen molar-refractivity contribution in [2.24, 2.45) is 5.14 Å². The Morgan fingerprint density at radius 1 is 1.30 bits per heavy atom. The molecule has 0 spiro atoms. The second kappa shape index (κ2) is 6.92. The molecule has 2 aliphatic carbocycles. The first-order valence-electron chi connectivity index (χ1n) is 8.88. The van der Waals surface area contributed by atoms with Gasteiger partial charge in [-0.1, -0.05) is 17.8 Å². The average Bonchev–Trinajstić information content (AvgIpc) is 3.53. The molecular weight excluding hydrogens is 386 g/mol. The van der Waals surface area contributed by atoms with Crippen LogP contribution < -0.4 is 10.5 Å². The number of rotatable bonds is 7. The van der Waals surface area contributed by atoms with E-state index in [1.807, 2.05) is 0 Å². The van der Waals surface area contributed by atoms with Gasteiger partial charge in [0.25, 0.3) is 0 Å². The minimum atomic E-state index is -3.82. The van der Waals surface area contributed by atoms with Crippen LogP contribution in [0.3, 0.4) is 0 Å². The molecule has 2 fully saturated rings. The topological polar surface area (TPSA) is 120 Å². The summed E-state index contributed by atoms with van der Waals surface area (Å²) in [6, 6.07) is 6.36. The number of sulfonamides is 1. The fraction of sp³-hybridized carbons (Fsp3) is 0.471. The molecule has 0 aliphatic heterocycles. The number of benzene rings is 1. The van der Waals surface area contributed by atoms with Crippen LogP contribution in [0, 0.1) is 0 Å². The van der Waals surface area contributed by atoms with Gasteiger partial charge < -0.3 is 9.88 Å². The molecule has 2 aromatic rings. The number of carbonyl (C=O) groups excluding carboxylic acids is 1. The van der Waals surface area contributed by atoms with Gasteiger partial charge in [0.05, 0.1) is 10.1 Å². The summed E-state index contributed by atoms with van der Waals surface area (Å²) in [6.07, 6.45) is 4.58. The number of primary sulfonamides is 1. The molecule has 1 heterocycles. The number of nitrogens with zero attached hydrogens (tertiary/aromatic N) is 3. The fourth-order valence-electron chi connectivity index (χ4n) is 2.87. The summed E-state index contributed by atoms with van der Waals surface area (Å²) in [5, 5.41) is 16.9. The van der Waals surface area contributed by atoms with Crippen molar-refractivity contribution >= 4 is 33.4 Å². The quantitative estimate of drug-likeness (QED) is 0.679. The third kappa shape index (κ3) is 4.17. The number of amides is 1. The van der Waals surface area contributed by atoms with E-state index in [0.717, 1.165) is 36.7 Å². The molecule has 27 heavy (non-hydrogen) atoms. The predicted octanol–water partition coefficient (Wildman–Crippen LogP) is 2.26. The number of thioether (sulfide) groups is 1. The zero-order valence-corrected chi connectivity index (χ0v) is 16.5. The van der Waals surface area contributed by atoms with Gasteiger partial charge in [0, 0.05) is 17.6 Å². The van der Waals surface area contributed by atoms with Crippen molar-refractivity contribution in [1.82, 2.24) is 14.8 Å². The maximum absolute atomic E-state index is 12.6. The standard InChI is InChI=1S/C17H21N5O3S2/c1-10(16(23)19-12-3-2-4-14(9-12)27(18,24)25)26-17-21-20-15(11-5-6-11)22(17)13-7-8-13/h2-4,9-11,13H,5-8H2,1H3,(H,19,23)(H2,18,24,25)/t10-/m0/s1. The van der Waals surface area contributed by atoms with Crippen LogP contribution in [-0.2, 0) is 14.8 Å². The van der Waals surface area contributed by atoms with Crippen LogP contribution in [0.5, 0.6) is 0 Å². The Morgan fingerprint density at radius 2 is 2.04 bits per heavy atom. The van der Waals surface area contributed by atoms with E-state index in [0.29, 0.717) is 17.6 Å². The SMILES string of the molecule is C[C@H](Sc1nnc(C2CC2)n1C1CC1)C(=O)Nc1cccc(S(N)(=O)=O)c1. The Bertz CT molecular complexity index is 980. The summed E-state index contributed by atoms with van der Waals surface area (Å²) in [4.78, 5) is 12.5. The van der Waals surface area contributed by atoms with Crippen molar-refractivity contribution in [1.29, 1.82) is 0 Å². The van der Waals surface area contributed by atoms with Crippen molar-refractivity contribution in [3.63, 3.8) is 0 Å². The molecule has 0 radical (unpaired) electrons. The van der Waals surface area contributed by atoms with Gasteiger partial charge in [-0.2, -0.15) is 0 Å². The van der Waals surface area contributed by atoms with Crippen LogP contribution in [0.25, 0.3) is 0 Å². The van der Waals surface area contributed by atoms with Gasteiger partial charge in [-0.3, -0.25) is 4.79 Å². The highest BCUT2D eigenvalue weighted by atomic mass is 32.2. The Balaban J connectivity index is 1.46. The average molecular weight is 408 g/mol. The van der Waals surface area contributed by atoms with E-state index in [9.17, 15) is 13.2 Å². The maximum atomic E-state index is 12.6. The zero-order valence-electron chi connectivity index (χ0n) is 14.8. The smallest absolute Gasteiger partial charge is 0.238 e. The zero-order chi connectivity index (χ0) is 19.2. The van der Waals surface area contributed by atoms with Gasteiger partial charge >= 0.3 is 0 Å². The second-order valence-corrected chi connectivity index (χ2v) is 9.91. The van der Waals surface area contributed by atoms with Gasteiger partial charge in [0.15, 0.2) is 5.16 Å². The summed E-state index contributed by atoms with van der Waals surface area (Å²) in [5.41, 5.74) is 0.390. The molecule has 1 aromatic carbocycles. The van der Waals surface area contributed by atoms with Gasteiger partial charge in [-0.15, -0.1) is 10.2 Å². The number of carbonyl (C=O) groups is 1. The highest BCUT2D eigenvalue weighted by molar-refractivity contribution is 8.00. The normalized spacial score (nSPS) is 18.3. The Hall–Kier alpha value is -1.91. The summed E-state index contributed by atoms with van der Waals surface area (Å²) in [7, 11) is -3.82. The minimum Gasteiger partial charge on any atom is -0.325 e. The maximum Gasteiger partial charge on any atom is 0.238 e. The molecule has 4 rings (SSSR count). The van der Waals surface area contributed by atoms with E-state index in [2.05, 4.69) is 20.1 Å². The molecule has 1 atom stereocenters. The number of hydrogen-bond donors (Lipinski definition) is 2. The van der Waals surface area contributed by atoms with Gasteiger partial charge in [-0.05, 0) is 50.8 Å². The molecule has 1 amide bonds. The summed E-state index contributed by atoms with van der Waals surface area (Å²) in [5.74, 6) is 1.33. The first-order chi connectivity index (χ1) is 12.8. The Kier molecular flexibility index (Phi) is 4.73. The minimum absolute atomic E-state index is 0.0387. The number of aromatic nitrogens is 3. The molecule has 3 N–H and O–H groups in total. The third-order valence-electron chi connectivity index (χ3n) is 4.63. The molecule has 0 unspecified atom stereocenters. The first-order valence-corrected chi connectivity index (χ1v) is 11.3. The van der Waals surface area contributed by atoms with Crippen LogP contribution in [0.4, 0.5) is 5.69 Å². The fourth-order valence-corrected chi connectivity index (χ4v) is 4.36. The van der Waals surface area contributed by atoms with E-state index >= 15 is 0 Å². The highest BCUT2D eigenvalue weighted by Gasteiger charge is 2.37. The van der Waals surface area contributed by atoms with Crippen molar-refractivity contribution in [2.75, 3.05) is 5.32 Å². The van der Waals surface area contributed by atoms with Crippen LogP contribution in [0.2, 0.25) is 0 Å². The lowest BCUT2D eigenvalue weighted by Crippen LogP contribution is -2.23. The molecule has 144 valence electrons. The second-order valence-electron chi connectivity index (χ2n) is 7.04. The number of anilines is 1. The third-order valence-corrected chi connectivity index (χ3v) is 6.59. The van der Waals surface area contributed by atoms with E-state index in [1.54, 1.807) is 19.1 Å². The molecule has 0 saturated heterocycles. The van der Waals surface area contributed by atoms with Crippen LogP contribution in [0.1, 0.15) is 50.4 Å². The molecular formula is C17H21N5O3S2. The highest BCUT2D eigenvalue weighted by Crippen LogP contribution is 2.46. The lowest BCUT2D eigenvalue weighted by Gasteiger charge is -2.13. The largest absolute Gasteiger partial charge is 0.325 e. The van der Waals surface area contributed by atoms with Crippen LogP contribution in [-0.4, -0.2) is 34.3 Å². The van der Waals surface area contributed by atoms with Crippen molar-refractivity contribution in [3.8, 4) is 0 Å².